The molecule has 2 atom stereocenters. The van der Waals surface area contributed by atoms with E-state index in [0.29, 0.717) is 11.7 Å². The second-order valence-corrected chi connectivity index (χ2v) is 5.24. The van der Waals surface area contributed by atoms with Crippen LogP contribution >= 0.6 is 0 Å². The number of hydrogen-bond donors (Lipinski definition) is 0. The predicted molar refractivity (Wildman–Crippen MR) is 55.5 cm³/mol. The Balaban J connectivity index is 2.17. The van der Waals surface area contributed by atoms with Crippen LogP contribution in [0.25, 0.3) is 0 Å². The molecule has 0 N–H and O–H groups in total. The summed E-state index contributed by atoms with van der Waals surface area (Å²) in [6.45, 7) is 8.75. The van der Waals surface area contributed by atoms with Gasteiger partial charge in [-0.15, -0.1) is 0 Å². The summed E-state index contributed by atoms with van der Waals surface area (Å²) in [5.41, 5.74) is 0. The summed E-state index contributed by atoms with van der Waals surface area (Å²) in [5.74, 6) is 3.35. The van der Waals surface area contributed by atoms with E-state index in [4.69, 9.17) is 0 Å². The third-order valence-electron chi connectivity index (χ3n) is 2.96. The molecule has 1 nitrogen and oxygen atoms in total. The Kier molecular flexibility index (Phi) is 3.52. The van der Waals surface area contributed by atoms with Gasteiger partial charge in [-0.25, -0.2) is 0 Å². The summed E-state index contributed by atoms with van der Waals surface area (Å²) in [5, 5.41) is 0. The highest BCUT2D eigenvalue weighted by Crippen LogP contribution is 2.46. The maximum absolute atomic E-state index is 11.5. The molecule has 76 valence electrons. The highest BCUT2D eigenvalue weighted by atomic mass is 16.1. The molecule has 0 aromatic rings. The maximum atomic E-state index is 11.5. The third kappa shape index (κ3) is 3.50. The van der Waals surface area contributed by atoms with Crippen LogP contribution in [0, 0.1) is 23.7 Å². The summed E-state index contributed by atoms with van der Waals surface area (Å²) in [4.78, 5) is 11.5. The van der Waals surface area contributed by atoms with E-state index in [1.165, 1.54) is 6.42 Å². The molecular formula is C12H22O. The van der Waals surface area contributed by atoms with Crippen LogP contribution in [0.4, 0.5) is 0 Å². The molecule has 1 saturated carbocycles. The zero-order valence-electron chi connectivity index (χ0n) is 9.34. The third-order valence-corrected chi connectivity index (χ3v) is 2.96. The molecule has 0 aromatic heterocycles. The Labute approximate surface area is 81.9 Å². The van der Waals surface area contributed by atoms with Gasteiger partial charge in [-0.05, 0) is 30.1 Å². The van der Waals surface area contributed by atoms with Crippen molar-refractivity contribution in [2.24, 2.45) is 23.7 Å². The Bertz CT molecular complexity index is 182. The Morgan fingerprint density at radius 1 is 1.31 bits per heavy atom. The lowest BCUT2D eigenvalue weighted by Gasteiger charge is -2.04. The van der Waals surface area contributed by atoms with Crippen LogP contribution in [0.5, 0.6) is 0 Å². The first-order chi connectivity index (χ1) is 6.00. The second kappa shape index (κ2) is 4.26. The smallest absolute Gasteiger partial charge is 0.133 e. The molecule has 0 heterocycles. The molecule has 0 radical (unpaired) electrons. The molecule has 0 aliphatic heterocycles. The molecule has 2 unspecified atom stereocenters. The van der Waals surface area contributed by atoms with Crippen molar-refractivity contribution in [1.82, 2.24) is 0 Å². The average Bonchev–Trinajstić information content (AvgIpc) is 2.64. The van der Waals surface area contributed by atoms with Crippen LogP contribution in [-0.2, 0) is 4.79 Å². The summed E-state index contributed by atoms with van der Waals surface area (Å²) in [7, 11) is 0. The minimum Gasteiger partial charge on any atom is -0.300 e. The molecule has 0 spiro atoms. The SMILES string of the molecule is CC(C)CC(=O)CC1CC1C(C)C. The number of carbonyl (C=O) groups is 1. The van der Waals surface area contributed by atoms with Gasteiger partial charge in [0.2, 0.25) is 0 Å². The molecule has 1 heteroatoms. The summed E-state index contributed by atoms with van der Waals surface area (Å²) in [6, 6.07) is 0. The molecule has 1 fully saturated rings. The largest absolute Gasteiger partial charge is 0.300 e. The Morgan fingerprint density at radius 2 is 1.92 bits per heavy atom. The normalized spacial score (nSPS) is 26.9. The van der Waals surface area contributed by atoms with Crippen molar-refractivity contribution in [2.45, 2.75) is 47.0 Å². The lowest BCUT2D eigenvalue weighted by Crippen LogP contribution is -2.05. The first-order valence-corrected chi connectivity index (χ1v) is 5.52. The van der Waals surface area contributed by atoms with Gasteiger partial charge >= 0.3 is 0 Å². The van der Waals surface area contributed by atoms with Gasteiger partial charge in [-0.3, -0.25) is 4.79 Å². The number of hydrogen-bond acceptors (Lipinski definition) is 1. The zero-order valence-corrected chi connectivity index (χ0v) is 9.34. The molecule has 13 heavy (non-hydrogen) atoms. The molecular weight excluding hydrogens is 160 g/mol. The van der Waals surface area contributed by atoms with Crippen LogP contribution in [0.15, 0.2) is 0 Å². The van der Waals surface area contributed by atoms with E-state index >= 15 is 0 Å². The van der Waals surface area contributed by atoms with Crippen molar-refractivity contribution in [3.05, 3.63) is 0 Å². The predicted octanol–water partition coefficient (Wildman–Crippen LogP) is 3.28. The van der Waals surface area contributed by atoms with E-state index in [9.17, 15) is 4.79 Å². The first kappa shape index (κ1) is 10.7. The van der Waals surface area contributed by atoms with Gasteiger partial charge in [0.15, 0.2) is 0 Å². The average molecular weight is 182 g/mol. The quantitative estimate of drug-likeness (QED) is 0.637. The van der Waals surface area contributed by atoms with Crippen LogP contribution in [0.1, 0.15) is 47.0 Å². The van der Waals surface area contributed by atoms with Crippen molar-refractivity contribution in [1.29, 1.82) is 0 Å². The number of carbonyl (C=O) groups excluding carboxylic acids is 1. The Hall–Kier alpha value is -0.330. The topological polar surface area (TPSA) is 17.1 Å². The maximum Gasteiger partial charge on any atom is 0.133 e. The van der Waals surface area contributed by atoms with Crippen molar-refractivity contribution >= 4 is 5.78 Å². The van der Waals surface area contributed by atoms with Gasteiger partial charge in [0.1, 0.15) is 5.78 Å². The fourth-order valence-corrected chi connectivity index (χ4v) is 2.15. The van der Waals surface area contributed by atoms with E-state index < -0.39 is 0 Å². The Morgan fingerprint density at radius 3 is 2.31 bits per heavy atom. The van der Waals surface area contributed by atoms with Gasteiger partial charge in [0.25, 0.3) is 0 Å². The zero-order chi connectivity index (χ0) is 10.0. The second-order valence-electron chi connectivity index (χ2n) is 5.24. The molecule has 0 amide bonds. The summed E-state index contributed by atoms with van der Waals surface area (Å²) in [6.07, 6.45) is 2.92. The minimum atomic E-state index is 0.475. The van der Waals surface area contributed by atoms with Gasteiger partial charge in [-0.1, -0.05) is 27.7 Å². The van der Waals surface area contributed by atoms with E-state index in [-0.39, 0.29) is 0 Å². The first-order valence-electron chi connectivity index (χ1n) is 5.52. The molecule has 0 aromatic carbocycles. The van der Waals surface area contributed by atoms with E-state index in [0.717, 1.165) is 30.6 Å². The fourth-order valence-electron chi connectivity index (χ4n) is 2.15. The van der Waals surface area contributed by atoms with Crippen molar-refractivity contribution < 1.29 is 4.79 Å². The minimum absolute atomic E-state index is 0.475. The lowest BCUT2D eigenvalue weighted by atomic mass is 10.0. The van der Waals surface area contributed by atoms with Gasteiger partial charge in [-0.2, -0.15) is 0 Å². The molecule has 1 aliphatic carbocycles. The number of ketones is 1. The molecule has 0 bridgehead atoms. The summed E-state index contributed by atoms with van der Waals surface area (Å²) >= 11 is 0. The number of rotatable bonds is 5. The van der Waals surface area contributed by atoms with Gasteiger partial charge in [0, 0.05) is 12.8 Å². The van der Waals surface area contributed by atoms with Crippen LogP contribution in [0.2, 0.25) is 0 Å². The van der Waals surface area contributed by atoms with E-state index in [1.54, 1.807) is 0 Å². The van der Waals surface area contributed by atoms with Crippen LogP contribution in [-0.4, -0.2) is 5.78 Å². The highest BCUT2D eigenvalue weighted by molar-refractivity contribution is 5.79. The van der Waals surface area contributed by atoms with Gasteiger partial charge in [0.05, 0.1) is 0 Å². The van der Waals surface area contributed by atoms with Crippen molar-refractivity contribution in [3.63, 3.8) is 0 Å². The highest BCUT2D eigenvalue weighted by Gasteiger charge is 2.39. The molecule has 1 aliphatic rings. The van der Waals surface area contributed by atoms with Crippen molar-refractivity contribution in [3.8, 4) is 0 Å². The lowest BCUT2D eigenvalue weighted by molar-refractivity contribution is -0.120. The van der Waals surface area contributed by atoms with E-state index in [2.05, 4.69) is 27.7 Å². The standard InChI is InChI=1S/C12H22O/c1-8(2)5-11(13)6-10-7-12(10)9(3)4/h8-10,12H,5-7H2,1-4H3. The van der Waals surface area contributed by atoms with E-state index in [1.807, 2.05) is 0 Å². The molecule has 1 rings (SSSR count). The monoisotopic (exact) mass is 182 g/mol. The van der Waals surface area contributed by atoms with Crippen LogP contribution < -0.4 is 0 Å². The molecule has 0 saturated heterocycles. The van der Waals surface area contributed by atoms with Crippen LogP contribution in [0.3, 0.4) is 0 Å². The van der Waals surface area contributed by atoms with Crippen molar-refractivity contribution in [2.75, 3.05) is 0 Å². The summed E-state index contributed by atoms with van der Waals surface area (Å²) < 4.78 is 0. The van der Waals surface area contributed by atoms with Gasteiger partial charge < -0.3 is 0 Å². The number of Topliss-reactive ketones (excluding diaryl/α,β-unsaturated/α-hetero) is 1. The fraction of sp³-hybridized carbons (Fsp3) is 0.917.